The van der Waals surface area contributed by atoms with Gasteiger partial charge in [-0.05, 0) is 12.3 Å². The van der Waals surface area contributed by atoms with Crippen molar-refractivity contribution in [2.45, 2.75) is 26.7 Å². The fourth-order valence-electron chi connectivity index (χ4n) is 0.875. The Hall–Kier alpha value is -0.770. The summed E-state index contributed by atoms with van der Waals surface area (Å²) in [6.07, 6.45) is 1.02. The zero-order chi connectivity index (χ0) is 11.7. The van der Waals surface area contributed by atoms with Gasteiger partial charge in [-0.1, -0.05) is 13.8 Å². The number of hydrogen-bond donors (Lipinski definition) is 2. The fraction of sp³-hybridized carbons (Fsp3) is 0.800. The molecule has 88 valence electrons. The van der Waals surface area contributed by atoms with Gasteiger partial charge in [-0.25, -0.2) is 0 Å². The quantitative estimate of drug-likeness (QED) is 0.643. The van der Waals surface area contributed by atoms with E-state index in [9.17, 15) is 9.59 Å². The number of rotatable bonds is 7. The van der Waals surface area contributed by atoms with Gasteiger partial charge in [-0.15, -0.1) is 11.6 Å². The summed E-state index contributed by atoms with van der Waals surface area (Å²) in [6, 6.07) is 0. The second-order valence-corrected chi connectivity index (χ2v) is 4.15. The first-order valence-electron chi connectivity index (χ1n) is 5.15. The summed E-state index contributed by atoms with van der Waals surface area (Å²) in [7, 11) is 0. The number of amides is 2. The van der Waals surface area contributed by atoms with Gasteiger partial charge in [0.2, 0.25) is 11.8 Å². The van der Waals surface area contributed by atoms with Gasteiger partial charge in [0.05, 0.1) is 6.54 Å². The van der Waals surface area contributed by atoms with Crippen molar-refractivity contribution in [3.63, 3.8) is 0 Å². The van der Waals surface area contributed by atoms with Crippen LogP contribution in [-0.2, 0) is 9.59 Å². The Labute approximate surface area is 95.7 Å². The van der Waals surface area contributed by atoms with E-state index in [-0.39, 0.29) is 18.4 Å². The van der Waals surface area contributed by atoms with Gasteiger partial charge >= 0.3 is 0 Å². The highest BCUT2D eigenvalue weighted by Crippen LogP contribution is 1.91. The Morgan fingerprint density at radius 1 is 1.20 bits per heavy atom. The molecular formula is C10H19ClN2O2. The Bertz CT molecular complexity index is 208. The van der Waals surface area contributed by atoms with E-state index in [0.717, 1.165) is 0 Å². The molecule has 0 atom stereocenters. The Morgan fingerprint density at radius 2 is 1.87 bits per heavy atom. The standard InChI is InChI=1S/C10H19ClN2O2/c1-8(2)6-12-10(15)7-13-9(14)4-3-5-11/h8H,3-7H2,1-2H3,(H,12,15)(H,13,14). The molecule has 0 aromatic rings. The van der Waals surface area contributed by atoms with E-state index in [1.54, 1.807) is 0 Å². The third-order valence-electron chi connectivity index (χ3n) is 1.69. The highest BCUT2D eigenvalue weighted by Gasteiger charge is 2.05. The van der Waals surface area contributed by atoms with E-state index >= 15 is 0 Å². The number of nitrogens with one attached hydrogen (secondary N) is 2. The average Bonchev–Trinajstić information content (AvgIpc) is 2.20. The molecule has 15 heavy (non-hydrogen) atoms. The minimum atomic E-state index is -0.150. The lowest BCUT2D eigenvalue weighted by Gasteiger charge is -2.08. The van der Waals surface area contributed by atoms with Gasteiger partial charge in [0.15, 0.2) is 0 Å². The lowest BCUT2D eigenvalue weighted by molar-refractivity contribution is -0.126. The van der Waals surface area contributed by atoms with Gasteiger partial charge < -0.3 is 10.6 Å². The first kappa shape index (κ1) is 14.2. The van der Waals surface area contributed by atoms with Crippen molar-refractivity contribution in [2.24, 2.45) is 5.92 Å². The second-order valence-electron chi connectivity index (χ2n) is 3.77. The van der Waals surface area contributed by atoms with E-state index < -0.39 is 0 Å². The average molecular weight is 235 g/mol. The van der Waals surface area contributed by atoms with Crippen molar-refractivity contribution in [1.29, 1.82) is 0 Å². The molecule has 0 aromatic carbocycles. The van der Waals surface area contributed by atoms with E-state index in [1.165, 1.54) is 0 Å². The van der Waals surface area contributed by atoms with Crippen LogP contribution < -0.4 is 10.6 Å². The van der Waals surface area contributed by atoms with E-state index in [1.807, 2.05) is 13.8 Å². The summed E-state index contributed by atoms with van der Waals surface area (Å²) in [4.78, 5) is 22.3. The number of hydrogen-bond acceptors (Lipinski definition) is 2. The minimum absolute atomic E-state index is 0.0494. The van der Waals surface area contributed by atoms with Crippen LogP contribution in [0.15, 0.2) is 0 Å². The van der Waals surface area contributed by atoms with Crippen LogP contribution in [0, 0.1) is 5.92 Å². The van der Waals surface area contributed by atoms with Crippen LogP contribution in [0.25, 0.3) is 0 Å². The molecule has 0 fully saturated rings. The smallest absolute Gasteiger partial charge is 0.239 e. The number of alkyl halides is 1. The predicted molar refractivity (Wildman–Crippen MR) is 60.8 cm³/mol. The Kier molecular flexibility index (Phi) is 8.09. The van der Waals surface area contributed by atoms with Gasteiger partial charge in [-0.2, -0.15) is 0 Å². The molecule has 0 rings (SSSR count). The Morgan fingerprint density at radius 3 is 2.40 bits per heavy atom. The molecule has 2 amide bonds. The van der Waals surface area contributed by atoms with Crippen molar-refractivity contribution in [2.75, 3.05) is 19.0 Å². The normalized spacial score (nSPS) is 10.1. The maximum atomic E-state index is 11.2. The summed E-state index contributed by atoms with van der Waals surface area (Å²) in [5.41, 5.74) is 0. The molecular weight excluding hydrogens is 216 g/mol. The summed E-state index contributed by atoms with van der Waals surface area (Å²) >= 11 is 5.43. The zero-order valence-electron chi connectivity index (χ0n) is 9.31. The van der Waals surface area contributed by atoms with Crippen LogP contribution in [0.2, 0.25) is 0 Å². The number of halogens is 1. The number of carbonyl (C=O) groups excluding carboxylic acids is 2. The SMILES string of the molecule is CC(C)CNC(=O)CNC(=O)CCCCl. The highest BCUT2D eigenvalue weighted by atomic mass is 35.5. The minimum Gasteiger partial charge on any atom is -0.354 e. The van der Waals surface area contributed by atoms with Crippen molar-refractivity contribution in [1.82, 2.24) is 10.6 Å². The number of carbonyl (C=O) groups is 2. The molecule has 0 aliphatic carbocycles. The van der Waals surface area contributed by atoms with Gasteiger partial charge in [0.1, 0.15) is 0 Å². The predicted octanol–water partition coefficient (Wildman–Crippen LogP) is 0.894. The molecule has 0 radical (unpaired) electrons. The van der Waals surface area contributed by atoms with Crippen molar-refractivity contribution in [3.05, 3.63) is 0 Å². The molecule has 0 heterocycles. The van der Waals surface area contributed by atoms with Crippen LogP contribution in [0.5, 0.6) is 0 Å². The lowest BCUT2D eigenvalue weighted by atomic mass is 10.2. The first-order chi connectivity index (χ1) is 7.06. The molecule has 0 saturated heterocycles. The first-order valence-corrected chi connectivity index (χ1v) is 5.69. The maximum absolute atomic E-state index is 11.2. The molecule has 0 aromatic heterocycles. The summed E-state index contributed by atoms with van der Waals surface area (Å²) in [5, 5.41) is 5.25. The molecule has 0 saturated carbocycles. The molecule has 2 N–H and O–H groups in total. The van der Waals surface area contributed by atoms with E-state index in [0.29, 0.717) is 31.2 Å². The molecule has 0 spiro atoms. The van der Waals surface area contributed by atoms with Crippen LogP contribution in [0.3, 0.4) is 0 Å². The van der Waals surface area contributed by atoms with Gasteiger partial charge in [0, 0.05) is 18.8 Å². The van der Waals surface area contributed by atoms with Crippen molar-refractivity contribution in [3.8, 4) is 0 Å². The van der Waals surface area contributed by atoms with E-state index in [4.69, 9.17) is 11.6 Å². The van der Waals surface area contributed by atoms with Crippen LogP contribution >= 0.6 is 11.6 Å². The highest BCUT2D eigenvalue weighted by molar-refractivity contribution is 6.17. The molecule has 0 aliphatic rings. The zero-order valence-corrected chi connectivity index (χ0v) is 10.1. The topological polar surface area (TPSA) is 58.2 Å². The third kappa shape index (κ3) is 9.53. The summed E-state index contributed by atoms with van der Waals surface area (Å²) < 4.78 is 0. The van der Waals surface area contributed by atoms with Crippen molar-refractivity contribution >= 4 is 23.4 Å². The third-order valence-corrected chi connectivity index (χ3v) is 1.96. The van der Waals surface area contributed by atoms with Crippen LogP contribution in [0.1, 0.15) is 26.7 Å². The molecule has 4 nitrogen and oxygen atoms in total. The van der Waals surface area contributed by atoms with Crippen LogP contribution in [-0.4, -0.2) is 30.8 Å². The molecule has 0 bridgehead atoms. The fourth-order valence-corrected chi connectivity index (χ4v) is 1.01. The molecule has 0 unspecified atom stereocenters. The van der Waals surface area contributed by atoms with Gasteiger partial charge in [-0.3, -0.25) is 9.59 Å². The van der Waals surface area contributed by atoms with E-state index in [2.05, 4.69) is 10.6 Å². The lowest BCUT2D eigenvalue weighted by Crippen LogP contribution is -2.38. The summed E-state index contributed by atoms with van der Waals surface area (Å²) in [5.74, 6) is 0.603. The van der Waals surface area contributed by atoms with Crippen molar-refractivity contribution < 1.29 is 9.59 Å². The largest absolute Gasteiger partial charge is 0.354 e. The maximum Gasteiger partial charge on any atom is 0.239 e. The monoisotopic (exact) mass is 234 g/mol. The second kappa shape index (κ2) is 8.53. The molecule has 5 heteroatoms. The summed E-state index contributed by atoms with van der Waals surface area (Å²) in [6.45, 7) is 4.71. The Balaban J connectivity index is 3.49. The van der Waals surface area contributed by atoms with Gasteiger partial charge in [0.25, 0.3) is 0 Å². The molecule has 0 aliphatic heterocycles. The van der Waals surface area contributed by atoms with Crippen LogP contribution in [0.4, 0.5) is 0 Å².